The first-order valence-electron chi connectivity index (χ1n) is 9.14. The Kier molecular flexibility index (Phi) is 9.04. The van der Waals surface area contributed by atoms with Crippen molar-refractivity contribution in [3.05, 3.63) is 0 Å². The van der Waals surface area contributed by atoms with E-state index >= 15 is 0 Å². The Bertz CT molecular complexity index is 574. The molecule has 5 atom stereocenters. The standard InChI is InChI=1S/C17H30N4O5S/c1-4-9(2)13(18)15(23)19-10(3)16(24)21-7-5-6-12(21)14(22)20-11(8-27)17(25)26/h9-13,27H,4-8,18H2,1-3H3,(H,19,23)(H,20,22)(H,25,26). The number of nitrogens with one attached hydrogen (secondary N) is 2. The number of nitrogens with zero attached hydrogens (tertiary/aromatic N) is 1. The van der Waals surface area contributed by atoms with Crippen molar-refractivity contribution >= 4 is 36.3 Å². The van der Waals surface area contributed by atoms with E-state index in [1.54, 1.807) is 6.92 Å². The average molecular weight is 403 g/mol. The molecule has 154 valence electrons. The first kappa shape index (κ1) is 23.2. The summed E-state index contributed by atoms with van der Waals surface area (Å²) in [5.74, 6) is -2.60. The van der Waals surface area contributed by atoms with E-state index in [1.165, 1.54) is 4.90 Å². The third-order valence-electron chi connectivity index (χ3n) is 4.92. The second-order valence-corrected chi connectivity index (χ2v) is 7.28. The van der Waals surface area contributed by atoms with Crippen LogP contribution in [0.3, 0.4) is 0 Å². The zero-order valence-corrected chi connectivity index (χ0v) is 16.9. The number of nitrogens with two attached hydrogens (primary N) is 1. The maximum absolute atomic E-state index is 12.7. The van der Waals surface area contributed by atoms with Gasteiger partial charge in [0.05, 0.1) is 6.04 Å². The molecule has 1 heterocycles. The monoisotopic (exact) mass is 402 g/mol. The SMILES string of the molecule is CCC(C)C(N)C(=O)NC(C)C(=O)N1CCCC1C(=O)NC(CS)C(=O)O. The lowest BCUT2D eigenvalue weighted by atomic mass is 9.99. The zero-order chi connectivity index (χ0) is 20.7. The third kappa shape index (κ3) is 6.10. The minimum absolute atomic E-state index is 0.0215. The summed E-state index contributed by atoms with van der Waals surface area (Å²) in [6.45, 7) is 5.70. The van der Waals surface area contributed by atoms with Gasteiger partial charge < -0.3 is 26.4 Å². The molecule has 0 radical (unpaired) electrons. The maximum atomic E-state index is 12.7. The number of carboxylic acid groups (broad SMARTS) is 1. The lowest BCUT2D eigenvalue weighted by molar-refractivity contribution is -0.144. The molecule has 3 amide bonds. The number of likely N-dealkylation sites (tertiary alicyclic amines) is 1. The smallest absolute Gasteiger partial charge is 0.327 e. The van der Waals surface area contributed by atoms with Gasteiger partial charge in [0.2, 0.25) is 17.7 Å². The topological polar surface area (TPSA) is 142 Å². The summed E-state index contributed by atoms with van der Waals surface area (Å²) < 4.78 is 0. The number of thiol groups is 1. The fourth-order valence-corrected chi connectivity index (χ4v) is 3.14. The van der Waals surface area contributed by atoms with Crippen LogP contribution in [-0.2, 0) is 19.2 Å². The van der Waals surface area contributed by atoms with Crippen LogP contribution in [0.5, 0.6) is 0 Å². The molecule has 10 heteroatoms. The van der Waals surface area contributed by atoms with Gasteiger partial charge in [-0.05, 0) is 25.7 Å². The highest BCUT2D eigenvalue weighted by atomic mass is 32.1. The lowest BCUT2D eigenvalue weighted by Gasteiger charge is -2.28. The second kappa shape index (κ2) is 10.5. The molecule has 0 bridgehead atoms. The van der Waals surface area contributed by atoms with Crippen LogP contribution in [0.4, 0.5) is 0 Å². The summed E-state index contributed by atoms with van der Waals surface area (Å²) in [7, 11) is 0. The average Bonchev–Trinajstić information content (AvgIpc) is 3.13. The molecule has 9 nitrogen and oxygen atoms in total. The highest BCUT2D eigenvalue weighted by Crippen LogP contribution is 2.19. The van der Waals surface area contributed by atoms with E-state index in [0.29, 0.717) is 19.4 Å². The van der Waals surface area contributed by atoms with Crippen LogP contribution in [0.1, 0.15) is 40.0 Å². The molecule has 0 spiro atoms. The second-order valence-electron chi connectivity index (χ2n) is 6.91. The van der Waals surface area contributed by atoms with Gasteiger partial charge in [0, 0.05) is 12.3 Å². The summed E-state index contributed by atoms with van der Waals surface area (Å²) in [5, 5.41) is 14.0. The van der Waals surface area contributed by atoms with E-state index in [1.807, 2.05) is 13.8 Å². The van der Waals surface area contributed by atoms with Crippen molar-refractivity contribution in [1.82, 2.24) is 15.5 Å². The van der Waals surface area contributed by atoms with Gasteiger partial charge in [0.25, 0.3) is 0 Å². The molecule has 5 N–H and O–H groups in total. The summed E-state index contributed by atoms with van der Waals surface area (Å²) in [6, 6.07) is -3.43. The Morgan fingerprint density at radius 2 is 1.89 bits per heavy atom. The van der Waals surface area contributed by atoms with Gasteiger partial charge in [-0.25, -0.2) is 4.79 Å². The zero-order valence-electron chi connectivity index (χ0n) is 16.0. The molecular formula is C17H30N4O5S. The van der Waals surface area contributed by atoms with E-state index in [-0.39, 0.29) is 11.7 Å². The molecule has 1 saturated heterocycles. The number of carbonyl (C=O) groups excluding carboxylic acids is 3. The van der Waals surface area contributed by atoms with E-state index < -0.39 is 47.9 Å². The van der Waals surface area contributed by atoms with Crippen molar-refractivity contribution in [1.29, 1.82) is 0 Å². The van der Waals surface area contributed by atoms with Crippen LogP contribution >= 0.6 is 12.6 Å². The van der Waals surface area contributed by atoms with Gasteiger partial charge in [-0.15, -0.1) is 0 Å². The first-order chi connectivity index (χ1) is 12.6. The summed E-state index contributed by atoms with van der Waals surface area (Å²) in [5.41, 5.74) is 5.88. The normalized spacial score (nSPS) is 21.1. The number of hydrogen-bond donors (Lipinski definition) is 5. The molecule has 27 heavy (non-hydrogen) atoms. The fraction of sp³-hybridized carbons (Fsp3) is 0.765. The van der Waals surface area contributed by atoms with E-state index in [9.17, 15) is 19.2 Å². The highest BCUT2D eigenvalue weighted by molar-refractivity contribution is 7.80. The van der Waals surface area contributed by atoms with Gasteiger partial charge in [-0.1, -0.05) is 20.3 Å². The number of rotatable bonds is 9. The van der Waals surface area contributed by atoms with Crippen molar-refractivity contribution in [2.45, 2.75) is 64.2 Å². The molecule has 1 aliphatic rings. The Labute approximate surface area is 164 Å². The van der Waals surface area contributed by atoms with E-state index in [2.05, 4.69) is 23.3 Å². The minimum atomic E-state index is -1.19. The van der Waals surface area contributed by atoms with Crippen LogP contribution in [0.25, 0.3) is 0 Å². The quantitative estimate of drug-likeness (QED) is 0.325. The Balaban J connectivity index is 2.73. The van der Waals surface area contributed by atoms with Crippen molar-refractivity contribution in [2.75, 3.05) is 12.3 Å². The van der Waals surface area contributed by atoms with Gasteiger partial charge in [-0.2, -0.15) is 12.6 Å². The van der Waals surface area contributed by atoms with Crippen LogP contribution in [0, 0.1) is 5.92 Å². The predicted octanol–water partition coefficient (Wildman–Crippen LogP) is -0.645. The first-order valence-corrected chi connectivity index (χ1v) is 9.77. The Morgan fingerprint density at radius 3 is 2.41 bits per heavy atom. The molecule has 0 aromatic rings. The Morgan fingerprint density at radius 1 is 1.26 bits per heavy atom. The predicted molar refractivity (Wildman–Crippen MR) is 103 cm³/mol. The van der Waals surface area contributed by atoms with Gasteiger partial charge in [0.1, 0.15) is 18.1 Å². The van der Waals surface area contributed by atoms with Gasteiger partial charge in [0.15, 0.2) is 0 Å². The molecule has 5 unspecified atom stereocenters. The van der Waals surface area contributed by atoms with Gasteiger partial charge >= 0.3 is 5.97 Å². The van der Waals surface area contributed by atoms with Crippen molar-refractivity contribution < 1.29 is 24.3 Å². The molecule has 0 aliphatic carbocycles. The number of aliphatic carboxylic acids is 1. The molecule has 0 aromatic heterocycles. The fourth-order valence-electron chi connectivity index (χ4n) is 2.89. The summed E-state index contributed by atoms with van der Waals surface area (Å²) >= 11 is 3.91. The van der Waals surface area contributed by atoms with Crippen molar-refractivity contribution in [2.24, 2.45) is 11.7 Å². The molecular weight excluding hydrogens is 372 g/mol. The summed E-state index contributed by atoms with van der Waals surface area (Å²) in [6.07, 6.45) is 1.79. The third-order valence-corrected chi connectivity index (χ3v) is 5.29. The molecule has 1 fully saturated rings. The summed E-state index contributed by atoms with van der Waals surface area (Å²) in [4.78, 5) is 49.7. The highest BCUT2D eigenvalue weighted by Gasteiger charge is 2.37. The Hall–Kier alpha value is -1.81. The van der Waals surface area contributed by atoms with Gasteiger partial charge in [-0.3, -0.25) is 14.4 Å². The largest absolute Gasteiger partial charge is 0.480 e. The molecule has 0 aromatic carbocycles. The van der Waals surface area contributed by atoms with E-state index in [4.69, 9.17) is 10.8 Å². The molecule has 1 rings (SSSR count). The van der Waals surface area contributed by atoms with Crippen LogP contribution < -0.4 is 16.4 Å². The number of carbonyl (C=O) groups is 4. The number of amides is 3. The van der Waals surface area contributed by atoms with Crippen molar-refractivity contribution in [3.8, 4) is 0 Å². The van der Waals surface area contributed by atoms with Crippen LogP contribution in [0.15, 0.2) is 0 Å². The molecule has 1 aliphatic heterocycles. The van der Waals surface area contributed by atoms with E-state index in [0.717, 1.165) is 6.42 Å². The van der Waals surface area contributed by atoms with Crippen LogP contribution in [0.2, 0.25) is 0 Å². The van der Waals surface area contributed by atoms with Crippen molar-refractivity contribution in [3.63, 3.8) is 0 Å². The number of carboxylic acids is 1. The maximum Gasteiger partial charge on any atom is 0.327 e. The van der Waals surface area contributed by atoms with Crippen LogP contribution in [-0.4, -0.2) is 70.2 Å². The molecule has 0 saturated carbocycles. The lowest BCUT2D eigenvalue weighted by Crippen LogP contribution is -2.56. The minimum Gasteiger partial charge on any atom is -0.480 e. The number of hydrogen-bond acceptors (Lipinski definition) is 6.